The predicted molar refractivity (Wildman–Crippen MR) is 80.4 cm³/mol. The van der Waals surface area contributed by atoms with E-state index in [0.717, 1.165) is 0 Å². The molecule has 0 radical (unpaired) electrons. The van der Waals surface area contributed by atoms with E-state index in [0.29, 0.717) is 57.4 Å². The highest BCUT2D eigenvalue weighted by Crippen LogP contribution is 2.16. The Bertz CT molecular complexity index is 479. The highest BCUT2D eigenvalue weighted by Gasteiger charge is 2.24. The maximum Gasteiger partial charge on any atom is 0.259 e. The number of hydrogen-bond acceptors (Lipinski definition) is 6. The van der Waals surface area contributed by atoms with Crippen molar-refractivity contribution in [1.29, 1.82) is 0 Å². The number of hydrogen-bond donors (Lipinski definition) is 1. The number of anilines is 1. The molecule has 1 aliphatic rings. The molecular weight excluding hydrogens is 288 g/mol. The Morgan fingerprint density at radius 2 is 2.00 bits per heavy atom. The average molecular weight is 312 g/mol. The molecule has 1 amide bonds. The van der Waals surface area contributed by atoms with Crippen LogP contribution in [0.25, 0.3) is 0 Å². The Hall–Kier alpha value is -1.64. The van der Waals surface area contributed by atoms with Crippen molar-refractivity contribution < 1.29 is 19.0 Å². The Morgan fingerprint density at radius 3 is 2.59 bits per heavy atom. The van der Waals surface area contributed by atoms with Crippen LogP contribution in [0.5, 0.6) is 0 Å². The first-order valence-electron chi connectivity index (χ1n) is 7.58. The molecule has 1 fully saturated rings. The third-order valence-electron chi connectivity index (χ3n) is 3.44. The molecule has 2 N–H and O–H groups in total. The SMILES string of the molecule is CCOC(Cn1ncc(C(=O)N2CCOCC2)c1N)OCC. The maximum atomic E-state index is 12.4. The zero-order chi connectivity index (χ0) is 15.9. The summed E-state index contributed by atoms with van der Waals surface area (Å²) < 4.78 is 17.7. The van der Waals surface area contributed by atoms with Gasteiger partial charge in [-0.15, -0.1) is 0 Å². The largest absolute Gasteiger partial charge is 0.383 e. The summed E-state index contributed by atoms with van der Waals surface area (Å²) in [5.74, 6) is 0.220. The summed E-state index contributed by atoms with van der Waals surface area (Å²) in [4.78, 5) is 14.2. The molecule has 1 aromatic heterocycles. The van der Waals surface area contributed by atoms with E-state index in [2.05, 4.69) is 5.10 Å². The van der Waals surface area contributed by atoms with E-state index in [4.69, 9.17) is 19.9 Å². The average Bonchev–Trinajstić information content (AvgIpc) is 2.89. The summed E-state index contributed by atoms with van der Waals surface area (Å²) in [6, 6.07) is 0. The molecule has 1 aliphatic heterocycles. The van der Waals surface area contributed by atoms with Gasteiger partial charge >= 0.3 is 0 Å². The number of morpholine rings is 1. The van der Waals surface area contributed by atoms with Crippen molar-refractivity contribution in [1.82, 2.24) is 14.7 Å². The predicted octanol–water partition coefficient (Wildman–Crippen LogP) is 0.337. The van der Waals surface area contributed by atoms with Crippen LogP contribution in [0.2, 0.25) is 0 Å². The zero-order valence-electron chi connectivity index (χ0n) is 13.2. The number of carbonyl (C=O) groups excluding carboxylic acids is 1. The second kappa shape index (κ2) is 8.11. The molecule has 8 nitrogen and oxygen atoms in total. The highest BCUT2D eigenvalue weighted by molar-refractivity contribution is 5.98. The minimum Gasteiger partial charge on any atom is -0.383 e. The van der Waals surface area contributed by atoms with E-state index < -0.39 is 6.29 Å². The van der Waals surface area contributed by atoms with E-state index in [1.807, 2.05) is 13.8 Å². The van der Waals surface area contributed by atoms with E-state index in [1.54, 1.807) is 9.58 Å². The molecule has 2 heterocycles. The lowest BCUT2D eigenvalue weighted by molar-refractivity contribution is -0.144. The number of nitrogens with zero attached hydrogens (tertiary/aromatic N) is 3. The third kappa shape index (κ3) is 3.96. The lowest BCUT2D eigenvalue weighted by atomic mass is 10.2. The summed E-state index contributed by atoms with van der Waals surface area (Å²) >= 11 is 0. The molecule has 0 spiro atoms. The van der Waals surface area contributed by atoms with Gasteiger partial charge in [-0.2, -0.15) is 5.10 Å². The second-order valence-electron chi connectivity index (χ2n) is 4.87. The normalized spacial score (nSPS) is 15.5. The lowest BCUT2D eigenvalue weighted by Gasteiger charge is -2.26. The second-order valence-corrected chi connectivity index (χ2v) is 4.87. The Kier molecular flexibility index (Phi) is 6.17. The van der Waals surface area contributed by atoms with Crippen molar-refractivity contribution in [2.24, 2.45) is 0 Å². The quantitative estimate of drug-likeness (QED) is 0.730. The fourth-order valence-corrected chi connectivity index (χ4v) is 2.31. The van der Waals surface area contributed by atoms with Crippen LogP contribution in [0.1, 0.15) is 24.2 Å². The molecule has 0 atom stereocenters. The van der Waals surface area contributed by atoms with Gasteiger partial charge in [0.05, 0.1) is 26.0 Å². The molecular formula is C14H24N4O4. The van der Waals surface area contributed by atoms with Gasteiger partial charge in [-0.25, -0.2) is 4.68 Å². The monoisotopic (exact) mass is 312 g/mol. The van der Waals surface area contributed by atoms with Gasteiger partial charge in [0, 0.05) is 26.3 Å². The van der Waals surface area contributed by atoms with Gasteiger partial charge in [-0.3, -0.25) is 4.79 Å². The van der Waals surface area contributed by atoms with Gasteiger partial charge < -0.3 is 24.8 Å². The first-order chi connectivity index (χ1) is 10.7. The number of rotatable bonds is 7. The van der Waals surface area contributed by atoms with E-state index in [1.165, 1.54) is 6.20 Å². The topological polar surface area (TPSA) is 91.8 Å². The van der Waals surface area contributed by atoms with Crippen LogP contribution in [0.4, 0.5) is 5.82 Å². The lowest BCUT2D eigenvalue weighted by Crippen LogP contribution is -2.40. The van der Waals surface area contributed by atoms with Crippen LogP contribution in [-0.4, -0.2) is 66.4 Å². The number of nitrogen functional groups attached to an aromatic ring is 1. The van der Waals surface area contributed by atoms with Gasteiger partial charge in [-0.1, -0.05) is 0 Å². The molecule has 0 bridgehead atoms. The summed E-state index contributed by atoms with van der Waals surface area (Å²) in [6.07, 6.45) is 1.07. The fraction of sp³-hybridized carbons (Fsp3) is 0.714. The Balaban J connectivity index is 2.05. The smallest absolute Gasteiger partial charge is 0.259 e. The van der Waals surface area contributed by atoms with Crippen LogP contribution >= 0.6 is 0 Å². The van der Waals surface area contributed by atoms with Gasteiger partial charge in [0.1, 0.15) is 11.4 Å². The molecule has 22 heavy (non-hydrogen) atoms. The molecule has 1 saturated heterocycles. The standard InChI is InChI=1S/C14H24N4O4/c1-3-21-12(22-4-2)10-18-13(15)11(9-16-18)14(19)17-5-7-20-8-6-17/h9,12H,3-8,10,15H2,1-2H3. The van der Waals surface area contributed by atoms with E-state index in [9.17, 15) is 4.79 Å². The number of nitrogens with two attached hydrogens (primary N) is 1. The van der Waals surface area contributed by atoms with Crippen LogP contribution in [0.3, 0.4) is 0 Å². The zero-order valence-corrected chi connectivity index (χ0v) is 13.2. The fourth-order valence-electron chi connectivity index (χ4n) is 2.31. The first kappa shape index (κ1) is 16.7. The maximum absolute atomic E-state index is 12.4. The first-order valence-corrected chi connectivity index (χ1v) is 7.58. The van der Waals surface area contributed by atoms with Crippen molar-refractivity contribution in [2.75, 3.05) is 45.3 Å². The summed E-state index contributed by atoms with van der Waals surface area (Å²) in [7, 11) is 0. The number of ether oxygens (including phenoxy) is 3. The van der Waals surface area contributed by atoms with Crippen molar-refractivity contribution >= 4 is 11.7 Å². The third-order valence-corrected chi connectivity index (χ3v) is 3.44. The summed E-state index contributed by atoms with van der Waals surface area (Å²) in [5.41, 5.74) is 6.47. The van der Waals surface area contributed by atoms with E-state index in [-0.39, 0.29) is 5.91 Å². The van der Waals surface area contributed by atoms with Gasteiger partial charge in [-0.05, 0) is 13.8 Å². The highest BCUT2D eigenvalue weighted by atomic mass is 16.7. The van der Waals surface area contributed by atoms with Crippen molar-refractivity contribution in [3.05, 3.63) is 11.8 Å². The molecule has 124 valence electrons. The molecule has 2 rings (SSSR count). The van der Waals surface area contributed by atoms with Crippen LogP contribution in [0, 0.1) is 0 Å². The minimum atomic E-state index is -0.427. The van der Waals surface area contributed by atoms with Gasteiger partial charge in [0.25, 0.3) is 5.91 Å². The summed E-state index contributed by atoms with van der Waals surface area (Å²) in [6.45, 7) is 7.46. The Morgan fingerprint density at radius 1 is 1.36 bits per heavy atom. The van der Waals surface area contributed by atoms with Crippen LogP contribution in [0.15, 0.2) is 6.20 Å². The number of aromatic nitrogens is 2. The van der Waals surface area contributed by atoms with Crippen molar-refractivity contribution in [3.63, 3.8) is 0 Å². The van der Waals surface area contributed by atoms with Crippen LogP contribution < -0.4 is 5.73 Å². The summed E-state index contributed by atoms with van der Waals surface area (Å²) in [5, 5.41) is 4.19. The van der Waals surface area contributed by atoms with Gasteiger partial charge in [0.2, 0.25) is 0 Å². The minimum absolute atomic E-state index is 0.114. The molecule has 0 aliphatic carbocycles. The van der Waals surface area contributed by atoms with Crippen LogP contribution in [-0.2, 0) is 20.8 Å². The number of carbonyl (C=O) groups is 1. The molecule has 0 unspecified atom stereocenters. The number of amides is 1. The molecule has 1 aromatic rings. The molecule has 8 heteroatoms. The van der Waals surface area contributed by atoms with Gasteiger partial charge in [0.15, 0.2) is 6.29 Å². The van der Waals surface area contributed by atoms with Crippen molar-refractivity contribution in [3.8, 4) is 0 Å². The van der Waals surface area contributed by atoms with E-state index >= 15 is 0 Å². The molecule has 0 aromatic carbocycles. The molecule has 0 saturated carbocycles. The van der Waals surface area contributed by atoms with Crippen molar-refractivity contribution in [2.45, 2.75) is 26.7 Å². The Labute approximate surface area is 130 Å².